The van der Waals surface area contributed by atoms with E-state index >= 15 is 0 Å². The van der Waals surface area contributed by atoms with Gasteiger partial charge in [-0.2, -0.15) is 0 Å². The van der Waals surface area contributed by atoms with Gasteiger partial charge in [0.15, 0.2) is 6.10 Å². The summed E-state index contributed by atoms with van der Waals surface area (Å²) in [6, 6.07) is 4.58. The third-order valence-electron chi connectivity index (χ3n) is 3.86. The summed E-state index contributed by atoms with van der Waals surface area (Å²) in [6.07, 6.45) is -5.09. The quantitative estimate of drug-likeness (QED) is 0.264. The van der Waals surface area contributed by atoms with Crippen LogP contribution in [0.4, 0.5) is 5.69 Å². The van der Waals surface area contributed by atoms with E-state index in [0.717, 1.165) is 32.9 Å². The van der Waals surface area contributed by atoms with Gasteiger partial charge in [-0.1, -0.05) is 0 Å². The Balaban J connectivity index is 2.22. The Morgan fingerprint density at radius 3 is 2.00 bits per heavy atom. The minimum atomic E-state index is -1.48. The number of esters is 4. The summed E-state index contributed by atoms with van der Waals surface area (Å²) < 4.78 is 25.8. The number of benzene rings is 1. The first kappa shape index (κ1) is 22.7. The predicted molar refractivity (Wildman–Crippen MR) is 94.9 cm³/mol. The molecule has 0 aromatic heterocycles. The van der Waals surface area contributed by atoms with Gasteiger partial charge in [0, 0.05) is 32.9 Å². The number of carbonyl (C=O) groups excluding carboxylic acids is 4. The highest BCUT2D eigenvalue weighted by atomic mass is 16.8. The lowest BCUT2D eigenvalue weighted by Gasteiger charge is -2.22. The maximum absolute atomic E-state index is 12.4. The summed E-state index contributed by atoms with van der Waals surface area (Å²) in [5, 5.41) is 10.7. The Labute approximate surface area is 170 Å². The summed E-state index contributed by atoms with van der Waals surface area (Å²) in [5.41, 5.74) is -0.254. The number of hydrogen-bond donors (Lipinski definition) is 0. The molecule has 0 unspecified atom stereocenters. The molecule has 0 N–H and O–H groups in total. The first-order valence-corrected chi connectivity index (χ1v) is 8.67. The van der Waals surface area contributed by atoms with Crippen LogP contribution in [-0.4, -0.2) is 60.0 Å². The van der Waals surface area contributed by atoms with Gasteiger partial charge in [-0.25, -0.2) is 4.79 Å². The van der Waals surface area contributed by atoms with Gasteiger partial charge >= 0.3 is 23.9 Å². The first-order chi connectivity index (χ1) is 14.1. The molecule has 1 aliphatic rings. The second kappa shape index (κ2) is 9.78. The molecular weight excluding hydrogens is 406 g/mol. The van der Waals surface area contributed by atoms with Crippen LogP contribution in [-0.2, 0) is 38.1 Å². The van der Waals surface area contributed by atoms with E-state index in [9.17, 15) is 29.3 Å². The zero-order valence-corrected chi connectivity index (χ0v) is 16.3. The van der Waals surface area contributed by atoms with Crippen molar-refractivity contribution < 1.29 is 47.8 Å². The van der Waals surface area contributed by atoms with Crippen molar-refractivity contribution in [2.75, 3.05) is 6.61 Å². The van der Waals surface area contributed by atoms with Crippen LogP contribution in [0, 0.1) is 10.1 Å². The molecule has 0 amide bonds. The van der Waals surface area contributed by atoms with Gasteiger partial charge < -0.3 is 23.7 Å². The second-order valence-corrected chi connectivity index (χ2v) is 6.20. The van der Waals surface area contributed by atoms with Gasteiger partial charge in [0.25, 0.3) is 5.69 Å². The SMILES string of the molecule is CC(=O)OC[C@H]1O[C@@H](OC(=O)c2ccc([N+](=O)[O-])cc2)[C@H](OC(C)=O)[C@@H]1OC(C)=O. The van der Waals surface area contributed by atoms with E-state index in [1.807, 2.05) is 0 Å². The molecule has 1 aromatic rings. The normalized spacial score (nSPS) is 22.6. The fraction of sp³-hybridized carbons (Fsp3) is 0.444. The zero-order valence-electron chi connectivity index (χ0n) is 16.3. The van der Waals surface area contributed by atoms with Crippen molar-refractivity contribution in [3.63, 3.8) is 0 Å². The standard InChI is InChI=1S/C18H19NO11/c1-9(20)26-8-14-15(27-10(2)21)16(28-11(3)22)18(29-14)30-17(23)12-4-6-13(7-5-12)19(24)25/h4-7,14-16,18H,8H2,1-3H3/t14-,15-,16-,18+/m1/s1. The molecule has 1 fully saturated rings. The fourth-order valence-corrected chi connectivity index (χ4v) is 2.66. The van der Waals surface area contributed by atoms with Crippen molar-refractivity contribution in [1.82, 2.24) is 0 Å². The number of hydrogen-bond acceptors (Lipinski definition) is 11. The molecule has 0 spiro atoms. The third kappa shape index (κ3) is 5.98. The van der Waals surface area contributed by atoms with Crippen molar-refractivity contribution in [1.29, 1.82) is 0 Å². The molecule has 1 aliphatic heterocycles. The summed E-state index contributed by atoms with van der Waals surface area (Å²) in [4.78, 5) is 56.6. The van der Waals surface area contributed by atoms with Crippen molar-refractivity contribution in [3.05, 3.63) is 39.9 Å². The molecule has 0 bridgehead atoms. The van der Waals surface area contributed by atoms with Crippen molar-refractivity contribution >= 4 is 29.6 Å². The third-order valence-corrected chi connectivity index (χ3v) is 3.86. The van der Waals surface area contributed by atoms with Gasteiger partial charge in [0.05, 0.1) is 10.5 Å². The van der Waals surface area contributed by atoms with Crippen LogP contribution in [0.2, 0.25) is 0 Å². The Morgan fingerprint density at radius 1 is 0.933 bits per heavy atom. The van der Waals surface area contributed by atoms with Gasteiger partial charge in [0.2, 0.25) is 12.4 Å². The van der Waals surface area contributed by atoms with Gasteiger partial charge in [-0.05, 0) is 12.1 Å². The van der Waals surface area contributed by atoms with E-state index in [0.29, 0.717) is 0 Å². The molecule has 0 aliphatic carbocycles. The molecular formula is C18H19NO11. The average molecular weight is 425 g/mol. The largest absolute Gasteiger partial charge is 0.463 e. The Hall–Kier alpha value is -3.54. The average Bonchev–Trinajstić information content (AvgIpc) is 2.95. The highest BCUT2D eigenvalue weighted by Crippen LogP contribution is 2.29. The number of non-ortho nitro benzene ring substituents is 1. The Kier molecular flexibility index (Phi) is 7.42. The molecule has 12 heteroatoms. The predicted octanol–water partition coefficient (Wildman–Crippen LogP) is 0.903. The van der Waals surface area contributed by atoms with Crippen LogP contribution in [0.15, 0.2) is 24.3 Å². The van der Waals surface area contributed by atoms with Crippen LogP contribution in [0.1, 0.15) is 31.1 Å². The maximum Gasteiger partial charge on any atom is 0.340 e. The van der Waals surface area contributed by atoms with E-state index in [1.165, 1.54) is 12.1 Å². The summed E-state index contributed by atoms with van der Waals surface area (Å²) in [7, 11) is 0. The van der Waals surface area contributed by atoms with Crippen molar-refractivity contribution in [3.8, 4) is 0 Å². The number of nitrogens with zero attached hydrogens (tertiary/aromatic N) is 1. The molecule has 1 heterocycles. The number of rotatable bonds is 7. The molecule has 1 saturated heterocycles. The van der Waals surface area contributed by atoms with Gasteiger partial charge in [-0.15, -0.1) is 0 Å². The molecule has 1 aromatic carbocycles. The van der Waals surface area contributed by atoms with Crippen LogP contribution >= 0.6 is 0 Å². The lowest BCUT2D eigenvalue weighted by Crippen LogP contribution is -2.42. The van der Waals surface area contributed by atoms with Gasteiger partial charge in [-0.3, -0.25) is 24.5 Å². The monoisotopic (exact) mass is 425 g/mol. The number of carbonyl (C=O) groups is 4. The molecule has 4 atom stereocenters. The van der Waals surface area contributed by atoms with E-state index < -0.39 is 53.4 Å². The van der Waals surface area contributed by atoms with E-state index in [4.69, 9.17) is 23.7 Å². The summed E-state index contributed by atoms with van der Waals surface area (Å²) in [6.45, 7) is 3.02. The molecule has 0 radical (unpaired) electrons. The van der Waals surface area contributed by atoms with Crippen LogP contribution in [0.25, 0.3) is 0 Å². The highest BCUT2D eigenvalue weighted by molar-refractivity contribution is 5.89. The van der Waals surface area contributed by atoms with Crippen molar-refractivity contribution in [2.24, 2.45) is 0 Å². The minimum Gasteiger partial charge on any atom is -0.463 e. The second-order valence-electron chi connectivity index (χ2n) is 6.20. The first-order valence-electron chi connectivity index (χ1n) is 8.67. The number of nitro benzene ring substituents is 1. The smallest absolute Gasteiger partial charge is 0.340 e. The zero-order chi connectivity index (χ0) is 22.4. The fourth-order valence-electron chi connectivity index (χ4n) is 2.66. The summed E-state index contributed by atoms with van der Waals surface area (Å²) in [5.74, 6) is -3.04. The van der Waals surface area contributed by atoms with Crippen LogP contribution < -0.4 is 0 Å². The van der Waals surface area contributed by atoms with E-state index in [-0.39, 0.29) is 17.9 Å². The topological polar surface area (TPSA) is 158 Å². The van der Waals surface area contributed by atoms with Crippen molar-refractivity contribution in [2.45, 2.75) is 45.4 Å². The highest BCUT2D eigenvalue weighted by Gasteiger charge is 2.51. The minimum absolute atomic E-state index is 0.0294. The Morgan fingerprint density at radius 2 is 1.50 bits per heavy atom. The van der Waals surface area contributed by atoms with Crippen LogP contribution in [0.5, 0.6) is 0 Å². The Bertz CT molecular complexity index is 835. The molecule has 30 heavy (non-hydrogen) atoms. The van der Waals surface area contributed by atoms with E-state index in [1.54, 1.807) is 0 Å². The molecule has 12 nitrogen and oxygen atoms in total. The molecule has 2 rings (SSSR count). The molecule has 162 valence electrons. The molecule has 0 saturated carbocycles. The number of nitro groups is 1. The maximum atomic E-state index is 12.4. The lowest BCUT2D eigenvalue weighted by molar-refractivity contribution is -0.384. The summed E-state index contributed by atoms with van der Waals surface area (Å²) >= 11 is 0. The number of ether oxygens (including phenoxy) is 5. The lowest BCUT2D eigenvalue weighted by atomic mass is 10.1. The van der Waals surface area contributed by atoms with E-state index in [2.05, 4.69) is 0 Å². The van der Waals surface area contributed by atoms with Gasteiger partial charge in [0.1, 0.15) is 12.7 Å². The van der Waals surface area contributed by atoms with Crippen LogP contribution in [0.3, 0.4) is 0 Å².